The number of hydrogen-bond acceptors (Lipinski definition) is 7. The lowest BCUT2D eigenvalue weighted by atomic mass is 10.00. The monoisotopic (exact) mass is 495 g/mol. The maximum absolute atomic E-state index is 14.4. The summed E-state index contributed by atoms with van der Waals surface area (Å²) in [6, 6.07) is 13.0. The van der Waals surface area contributed by atoms with Gasteiger partial charge in [0.15, 0.2) is 11.5 Å². The lowest BCUT2D eigenvalue weighted by Crippen LogP contribution is -2.55. The van der Waals surface area contributed by atoms with Gasteiger partial charge in [-0.1, -0.05) is 24.3 Å². The number of hydrogen-bond donors (Lipinski definition) is 0. The van der Waals surface area contributed by atoms with E-state index in [0.717, 1.165) is 53.9 Å². The van der Waals surface area contributed by atoms with Crippen molar-refractivity contribution in [1.29, 1.82) is 0 Å². The number of carboxylic acid groups (broad SMARTS) is 1. The third-order valence-electron chi connectivity index (χ3n) is 6.82. The predicted molar refractivity (Wildman–Crippen MR) is 131 cm³/mol. The van der Waals surface area contributed by atoms with Crippen molar-refractivity contribution in [3.8, 4) is 11.4 Å². The number of halogens is 2. The minimum Gasteiger partial charge on any atom is -0.554 e. The lowest BCUT2D eigenvalue weighted by Gasteiger charge is -2.42. The molecule has 0 amide bonds. The number of anilines is 1. The van der Waals surface area contributed by atoms with E-state index in [9.17, 15) is 8.78 Å². The van der Waals surface area contributed by atoms with Crippen molar-refractivity contribution in [2.45, 2.75) is 18.9 Å². The van der Waals surface area contributed by atoms with E-state index in [2.05, 4.69) is 37.3 Å². The molecule has 4 heterocycles. The Morgan fingerprint density at radius 3 is 2.31 bits per heavy atom. The molecule has 1 saturated heterocycles. The quantitative estimate of drug-likeness (QED) is 0.243. The summed E-state index contributed by atoms with van der Waals surface area (Å²) in [6.45, 7) is 1.04. The summed E-state index contributed by atoms with van der Waals surface area (Å²) in [5.41, 5.74) is 2.12. The number of nitrogens with zero attached hydrogens (tertiary/aromatic N) is 7. The Balaban J connectivity index is 0.000000967. The Labute approximate surface area is 207 Å². The molecule has 1 fully saturated rings. The molecule has 0 radical (unpaired) electrons. The third-order valence-corrected chi connectivity index (χ3v) is 6.82. The van der Waals surface area contributed by atoms with Crippen LogP contribution >= 0.6 is 0 Å². The van der Waals surface area contributed by atoms with Gasteiger partial charge in [0.2, 0.25) is 5.95 Å². The maximum Gasteiger partial charge on any atom is 0.276 e. The summed E-state index contributed by atoms with van der Waals surface area (Å²) in [7, 11) is 5.80. The Bertz CT molecular complexity index is 1370. The average Bonchev–Trinajstić information content (AvgIpc) is 3.29. The molecule has 1 aliphatic rings. The molecular formula is C25H27F2N7O2. The fourth-order valence-electron chi connectivity index (χ4n) is 4.87. The first-order valence-electron chi connectivity index (χ1n) is 11.5. The second-order valence-electron chi connectivity index (χ2n) is 9.06. The molecule has 9 nitrogen and oxygen atoms in total. The minimum atomic E-state index is -0.800. The zero-order valence-corrected chi connectivity index (χ0v) is 20.3. The lowest BCUT2D eigenvalue weighted by molar-refractivity contribution is -0.283. The molecule has 1 aliphatic heterocycles. The van der Waals surface area contributed by atoms with Crippen molar-refractivity contribution in [1.82, 2.24) is 29.4 Å². The second-order valence-corrected chi connectivity index (χ2v) is 9.06. The van der Waals surface area contributed by atoms with E-state index in [-0.39, 0.29) is 6.04 Å². The van der Waals surface area contributed by atoms with Gasteiger partial charge in [0.1, 0.15) is 5.69 Å². The highest BCUT2D eigenvalue weighted by molar-refractivity contribution is 5.99. The highest BCUT2D eigenvalue weighted by atomic mass is 19.1. The largest absolute Gasteiger partial charge is 0.554 e. The summed E-state index contributed by atoms with van der Waals surface area (Å²) in [5, 5.41) is 23.8. The molecule has 188 valence electrons. The van der Waals surface area contributed by atoms with Gasteiger partial charge in [0, 0.05) is 62.5 Å². The molecule has 0 aliphatic carbocycles. The van der Waals surface area contributed by atoms with E-state index in [0.29, 0.717) is 10.2 Å². The van der Waals surface area contributed by atoms with E-state index in [1.165, 1.54) is 12.1 Å². The number of carbonyl (C=O) groups excluding carboxylic acids is 1. The molecular weight excluding hydrogens is 468 g/mol. The number of fused-ring (bicyclic) bond motifs is 1. The van der Waals surface area contributed by atoms with Crippen LogP contribution in [0, 0.1) is 11.9 Å². The molecule has 1 aromatic carbocycles. The van der Waals surface area contributed by atoms with E-state index >= 15 is 0 Å². The van der Waals surface area contributed by atoms with E-state index in [1.807, 2.05) is 39.3 Å². The van der Waals surface area contributed by atoms with E-state index < -0.39 is 18.4 Å². The van der Waals surface area contributed by atoms with Crippen LogP contribution in [0.1, 0.15) is 12.8 Å². The zero-order chi connectivity index (χ0) is 25.9. The zero-order valence-electron chi connectivity index (χ0n) is 20.3. The van der Waals surface area contributed by atoms with Gasteiger partial charge in [-0.2, -0.15) is 18.9 Å². The van der Waals surface area contributed by atoms with E-state index in [1.54, 1.807) is 10.9 Å². The van der Waals surface area contributed by atoms with Gasteiger partial charge in [-0.25, -0.2) is 0 Å². The number of quaternary nitrogens is 1. The normalized spacial score (nSPS) is 14.4. The standard InChI is InChI=1S/C24H26F2N7.CH2O2/c1-31-19(10-13-27-31)22-17-6-4-5-7-18(17)24(30-29-22)32-14-11-16(12-15-32)33(2,3)20-8-9-21(25)28-23(20)26;2-1-3/h4-10,13,16H,11-12,14-15H2,1-3H3;1H,(H,2,3)/q+1;/p-1. The maximum atomic E-state index is 14.4. The van der Waals surface area contributed by atoms with Gasteiger partial charge in [-0.15, -0.1) is 10.2 Å². The minimum absolute atomic E-state index is 0.177. The summed E-state index contributed by atoms with van der Waals surface area (Å²) >= 11 is 0. The highest BCUT2D eigenvalue weighted by Gasteiger charge is 2.37. The van der Waals surface area contributed by atoms with Gasteiger partial charge < -0.3 is 14.8 Å². The number of aryl methyl sites for hydroxylation is 1. The predicted octanol–water partition coefficient (Wildman–Crippen LogP) is 2.31. The molecule has 36 heavy (non-hydrogen) atoms. The van der Waals surface area contributed by atoms with Gasteiger partial charge in [-0.05, 0) is 12.1 Å². The average molecular weight is 496 g/mol. The number of benzene rings is 1. The Morgan fingerprint density at radius 1 is 1.03 bits per heavy atom. The van der Waals surface area contributed by atoms with Crippen LogP contribution in [-0.2, 0) is 11.8 Å². The Kier molecular flexibility index (Phi) is 7.20. The van der Waals surface area contributed by atoms with Crippen LogP contribution < -0.4 is 14.5 Å². The van der Waals surface area contributed by atoms with Crippen molar-refractivity contribution < 1.29 is 18.7 Å². The van der Waals surface area contributed by atoms with Crippen molar-refractivity contribution in [2.24, 2.45) is 7.05 Å². The van der Waals surface area contributed by atoms with Gasteiger partial charge in [0.05, 0.1) is 25.8 Å². The first-order valence-corrected chi connectivity index (χ1v) is 11.5. The van der Waals surface area contributed by atoms with Crippen molar-refractivity contribution in [3.05, 3.63) is 60.6 Å². The fourth-order valence-corrected chi connectivity index (χ4v) is 4.87. The van der Waals surface area contributed by atoms with Crippen LogP contribution in [-0.4, -0.2) is 64.7 Å². The van der Waals surface area contributed by atoms with Gasteiger partial charge in [-0.3, -0.25) is 9.16 Å². The fraction of sp³-hybridized carbons (Fsp3) is 0.320. The molecule has 4 aromatic rings. The highest BCUT2D eigenvalue weighted by Crippen LogP contribution is 2.34. The third kappa shape index (κ3) is 4.74. The summed E-state index contributed by atoms with van der Waals surface area (Å²) in [4.78, 5) is 13.9. The molecule has 0 unspecified atom stereocenters. The van der Waals surface area contributed by atoms with Crippen LogP contribution in [0.25, 0.3) is 22.2 Å². The van der Waals surface area contributed by atoms with Crippen molar-refractivity contribution in [3.63, 3.8) is 0 Å². The second kappa shape index (κ2) is 10.3. The van der Waals surface area contributed by atoms with E-state index in [4.69, 9.17) is 9.90 Å². The molecule has 3 aromatic heterocycles. The topological polar surface area (TPSA) is 99.9 Å². The first kappa shape index (κ1) is 25.1. The van der Waals surface area contributed by atoms with Gasteiger partial charge in [0.25, 0.3) is 5.95 Å². The molecule has 5 rings (SSSR count). The van der Waals surface area contributed by atoms with Gasteiger partial charge >= 0.3 is 0 Å². The Morgan fingerprint density at radius 2 is 1.69 bits per heavy atom. The smallest absolute Gasteiger partial charge is 0.276 e. The number of carbonyl (C=O) groups is 1. The summed E-state index contributed by atoms with van der Waals surface area (Å²) in [6.07, 6.45) is 3.43. The molecule has 0 saturated carbocycles. The molecule has 0 spiro atoms. The first-order chi connectivity index (χ1) is 17.3. The number of rotatable bonds is 4. The molecule has 0 bridgehead atoms. The Hall–Kier alpha value is -3.99. The van der Waals surface area contributed by atoms with Crippen molar-refractivity contribution in [2.75, 3.05) is 32.1 Å². The van der Waals surface area contributed by atoms with Crippen LogP contribution in [0.3, 0.4) is 0 Å². The number of pyridine rings is 1. The number of piperidine rings is 1. The number of aromatic nitrogens is 5. The molecule has 0 atom stereocenters. The summed E-state index contributed by atoms with van der Waals surface area (Å²) < 4.78 is 29.8. The molecule has 0 N–H and O–H groups in total. The van der Waals surface area contributed by atoms with Crippen LogP contribution in [0.15, 0.2) is 48.7 Å². The molecule has 11 heteroatoms. The van der Waals surface area contributed by atoms with Crippen LogP contribution in [0.2, 0.25) is 0 Å². The van der Waals surface area contributed by atoms with Crippen LogP contribution in [0.4, 0.5) is 20.3 Å². The van der Waals surface area contributed by atoms with Crippen molar-refractivity contribution >= 4 is 28.7 Å². The van der Waals surface area contributed by atoms with Crippen LogP contribution in [0.5, 0.6) is 0 Å². The summed E-state index contributed by atoms with van der Waals surface area (Å²) in [5.74, 6) is -0.689. The SMILES string of the molecule is Cn1nccc1-c1nnc(N2CCC([N+](C)(C)c3ccc(F)nc3F)CC2)c2ccccc12.O=C[O-].